The molecule has 0 bridgehead atoms. The largest absolute Gasteiger partial charge is 0.495 e. The summed E-state index contributed by atoms with van der Waals surface area (Å²) in [7, 11) is 5.16. The van der Waals surface area contributed by atoms with E-state index in [4.69, 9.17) is 32.7 Å². The van der Waals surface area contributed by atoms with Crippen LogP contribution in [0.1, 0.15) is 20.7 Å². The first kappa shape index (κ1) is 23.3. The van der Waals surface area contributed by atoms with Crippen LogP contribution in [0.15, 0.2) is 0 Å². The molecule has 0 saturated carbocycles. The van der Waals surface area contributed by atoms with Gasteiger partial charge < -0.3 is 30.7 Å². The van der Waals surface area contributed by atoms with Crippen LogP contribution in [0.4, 0.5) is 11.4 Å². The number of methoxy groups -OCH3 is 2. The van der Waals surface area contributed by atoms with Gasteiger partial charge in [0.05, 0.1) is 14.2 Å². The summed E-state index contributed by atoms with van der Waals surface area (Å²) in [6, 6.07) is 0. The summed E-state index contributed by atoms with van der Waals surface area (Å²) in [5, 5.41) is 9.66. The number of alkyl halides is 2. The molecule has 4 N–H and O–H groups in total. The zero-order chi connectivity index (χ0) is 21.4. The van der Waals surface area contributed by atoms with Crippen molar-refractivity contribution in [1.82, 2.24) is 10.6 Å². The Balaban J connectivity index is 4.08. The van der Waals surface area contributed by atoms with Crippen LogP contribution in [-0.4, -0.2) is 63.7 Å². The van der Waals surface area contributed by atoms with Crippen molar-refractivity contribution < 1.29 is 28.7 Å². The molecule has 0 radical (unpaired) electrons. The van der Waals surface area contributed by atoms with Gasteiger partial charge in [0, 0.05) is 14.1 Å². The molecule has 4 amide bonds. The predicted molar refractivity (Wildman–Crippen MR) is 105 cm³/mol. The SMILES string of the molecule is CNC(=O)c1c(NC(=O)CCl)c(OC)c(NC(=O)CCl)c(C(=O)NC)c1OC. The summed E-state index contributed by atoms with van der Waals surface area (Å²) < 4.78 is 10.6. The second kappa shape index (κ2) is 10.6. The highest BCUT2D eigenvalue weighted by Gasteiger charge is 2.33. The van der Waals surface area contributed by atoms with E-state index in [1.807, 2.05) is 0 Å². The van der Waals surface area contributed by atoms with E-state index in [1.165, 1.54) is 28.3 Å². The second-order valence-corrected chi connectivity index (χ2v) is 5.62. The minimum Gasteiger partial charge on any atom is -0.495 e. The summed E-state index contributed by atoms with van der Waals surface area (Å²) in [5.41, 5.74) is -0.658. The van der Waals surface area contributed by atoms with E-state index in [0.717, 1.165) is 0 Å². The number of hydrogen-bond donors (Lipinski definition) is 4. The number of ether oxygens (including phenoxy) is 2. The monoisotopic (exact) mass is 434 g/mol. The summed E-state index contributed by atoms with van der Waals surface area (Å²) in [6.45, 7) is 0. The molecule has 0 aliphatic carbocycles. The number of carbonyl (C=O) groups is 4. The van der Waals surface area contributed by atoms with E-state index in [1.54, 1.807) is 0 Å². The second-order valence-electron chi connectivity index (χ2n) is 5.09. The molecule has 12 heteroatoms. The zero-order valence-corrected chi connectivity index (χ0v) is 17.1. The van der Waals surface area contributed by atoms with Gasteiger partial charge in [0.15, 0.2) is 5.75 Å². The topological polar surface area (TPSA) is 135 Å². The van der Waals surface area contributed by atoms with Crippen molar-refractivity contribution in [3.63, 3.8) is 0 Å². The molecule has 0 aromatic heterocycles. The molecule has 0 aliphatic rings. The maximum absolute atomic E-state index is 12.5. The highest BCUT2D eigenvalue weighted by atomic mass is 35.5. The fourth-order valence-electron chi connectivity index (χ4n) is 2.38. The zero-order valence-electron chi connectivity index (χ0n) is 15.6. The van der Waals surface area contributed by atoms with Gasteiger partial charge in [0.1, 0.15) is 40.0 Å². The Labute approximate surface area is 171 Å². The molecule has 0 aliphatic heterocycles. The lowest BCUT2D eigenvalue weighted by atomic mass is 10.00. The number of nitrogens with one attached hydrogen (secondary N) is 4. The van der Waals surface area contributed by atoms with Crippen LogP contribution in [0.2, 0.25) is 0 Å². The first-order valence-corrected chi connectivity index (χ1v) is 8.85. The summed E-state index contributed by atoms with van der Waals surface area (Å²) >= 11 is 11.1. The van der Waals surface area contributed by atoms with Crippen LogP contribution >= 0.6 is 23.2 Å². The summed E-state index contributed by atoms with van der Waals surface area (Å²) in [4.78, 5) is 48.9. The van der Waals surface area contributed by atoms with E-state index in [-0.39, 0.29) is 34.0 Å². The predicted octanol–water partition coefficient (Wildman–Crippen LogP) is 0.778. The number of amides is 4. The number of anilines is 2. The van der Waals surface area contributed by atoms with Gasteiger partial charge in [-0.3, -0.25) is 19.2 Å². The third kappa shape index (κ3) is 4.76. The molecule has 1 rings (SSSR count). The Morgan fingerprint density at radius 2 is 1.11 bits per heavy atom. The van der Waals surface area contributed by atoms with E-state index in [0.29, 0.717) is 0 Å². The smallest absolute Gasteiger partial charge is 0.257 e. The summed E-state index contributed by atoms with van der Waals surface area (Å²) in [6.07, 6.45) is 0. The van der Waals surface area contributed by atoms with Gasteiger partial charge in [-0.25, -0.2) is 0 Å². The number of hydrogen-bond acceptors (Lipinski definition) is 6. The van der Waals surface area contributed by atoms with Crippen molar-refractivity contribution in [2.24, 2.45) is 0 Å². The first-order chi connectivity index (χ1) is 13.3. The minimum atomic E-state index is -0.680. The maximum Gasteiger partial charge on any atom is 0.257 e. The van der Waals surface area contributed by atoms with Crippen LogP contribution in [0.3, 0.4) is 0 Å². The van der Waals surface area contributed by atoms with Crippen LogP contribution in [0.5, 0.6) is 11.5 Å². The average molecular weight is 435 g/mol. The average Bonchev–Trinajstić information content (AvgIpc) is 2.71. The molecular formula is C16H20Cl2N4O6. The molecule has 0 saturated heterocycles. The molecule has 10 nitrogen and oxygen atoms in total. The van der Waals surface area contributed by atoms with Gasteiger partial charge in [-0.1, -0.05) is 0 Å². The fraction of sp³-hybridized carbons (Fsp3) is 0.375. The van der Waals surface area contributed by atoms with Crippen molar-refractivity contribution in [3.05, 3.63) is 11.1 Å². The van der Waals surface area contributed by atoms with Gasteiger partial charge in [0.25, 0.3) is 11.8 Å². The maximum atomic E-state index is 12.5. The van der Waals surface area contributed by atoms with Crippen molar-refractivity contribution in [2.75, 3.05) is 50.7 Å². The minimum absolute atomic E-state index is 0.137. The molecule has 1 aromatic carbocycles. The van der Waals surface area contributed by atoms with Crippen molar-refractivity contribution >= 4 is 58.2 Å². The van der Waals surface area contributed by atoms with Gasteiger partial charge in [-0.15, -0.1) is 23.2 Å². The number of halogens is 2. The first-order valence-electron chi connectivity index (χ1n) is 7.78. The Morgan fingerprint density at radius 1 is 0.750 bits per heavy atom. The molecule has 0 fully saturated rings. The third-order valence-corrected chi connectivity index (χ3v) is 3.98. The lowest BCUT2D eigenvalue weighted by Gasteiger charge is -2.23. The molecule has 28 heavy (non-hydrogen) atoms. The highest BCUT2D eigenvalue weighted by Crippen LogP contribution is 2.46. The Kier molecular flexibility index (Phi) is 8.80. The normalized spacial score (nSPS) is 9.93. The van der Waals surface area contributed by atoms with Gasteiger partial charge in [0.2, 0.25) is 11.8 Å². The summed E-state index contributed by atoms with van der Waals surface area (Å²) in [5.74, 6) is -3.87. The van der Waals surface area contributed by atoms with Crippen LogP contribution < -0.4 is 30.7 Å². The van der Waals surface area contributed by atoms with Crippen LogP contribution in [0.25, 0.3) is 0 Å². The Morgan fingerprint density at radius 3 is 1.36 bits per heavy atom. The van der Waals surface area contributed by atoms with Crippen LogP contribution in [-0.2, 0) is 9.59 Å². The van der Waals surface area contributed by atoms with E-state index >= 15 is 0 Å². The quantitative estimate of drug-likeness (QED) is 0.446. The van der Waals surface area contributed by atoms with E-state index in [2.05, 4.69) is 21.3 Å². The van der Waals surface area contributed by atoms with E-state index in [9.17, 15) is 19.2 Å². The number of rotatable bonds is 8. The molecule has 0 spiro atoms. The van der Waals surface area contributed by atoms with Gasteiger partial charge in [-0.05, 0) is 0 Å². The van der Waals surface area contributed by atoms with Gasteiger partial charge in [-0.2, -0.15) is 0 Å². The van der Waals surface area contributed by atoms with Gasteiger partial charge >= 0.3 is 0 Å². The van der Waals surface area contributed by atoms with Crippen molar-refractivity contribution in [1.29, 1.82) is 0 Å². The molecule has 0 heterocycles. The van der Waals surface area contributed by atoms with E-state index < -0.39 is 35.4 Å². The molecule has 0 atom stereocenters. The highest BCUT2D eigenvalue weighted by molar-refractivity contribution is 6.30. The Bertz CT molecular complexity index is 741. The van der Waals surface area contributed by atoms with Crippen LogP contribution in [0, 0.1) is 0 Å². The Hall–Kier alpha value is -2.72. The fourth-order valence-corrected chi connectivity index (χ4v) is 2.51. The van der Waals surface area contributed by atoms with Crippen molar-refractivity contribution in [3.8, 4) is 11.5 Å². The lowest BCUT2D eigenvalue weighted by Crippen LogP contribution is -2.28. The molecule has 1 aromatic rings. The molecule has 154 valence electrons. The lowest BCUT2D eigenvalue weighted by molar-refractivity contribution is -0.114. The third-order valence-electron chi connectivity index (χ3n) is 3.50. The number of benzene rings is 1. The standard InChI is InChI=1S/C16H20Cl2N4O6/c1-19-15(25)9-11(21-7(23)5-17)14(28-4)12(22-8(24)6-18)10(13(9)27-3)16(26)20-2/h5-6H2,1-4H3,(H,19,25)(H,20,26)(H,21,23)(H,22,24). The number of carbonyl (C=O) groups excluding carboxylic acids is 4. The molecular weight excluding hydrogens is 415 g/mol. The molecule has 0 unspecified atom stereocenters. The van der Waals surface area contributed by atoms with Crippen molar-refractivity contribution in [2.45, 2.75) is 0 Å².